The fourth-order valence-corrected chi connectivity index (χ4v) is 1.63. The van der Waals surface area contributed by atoms with E-state index in [-0.39, 0.29) is 0 Å². The van der Waals surface area contributed by atoms with E-state index < -0.39 is 6.10 Å². The molecule has 0 aliphatic carbocycles. The predicted molar refractivity (Wildman–Crippen MR) is 62.8 cm³/mol. The lowest BCUT2D eigenvalue weighted by molar-refractivity contribution is -0.704. The van der Waals surface area contributed by atoms with Crippen LogP contribution in [0.5, 0.6) is 0 Å². The van der Waals surface area contributed by atoms with Crippen molar-refractivity contribution in [2.45, 2.75) is 19.6 Å². The SMILES string of the molecule is Cc1cc[n+](CC(O)c2ccccc2)cc1. The van der Waals surface area contributed by atoms with Gasteiger partial charge in [-0.2, -0.15) is 0 Å². The van der Waals surface area contributed by atoms with Crippen molar-refractivity contribution in [2.75, 3.05) is 0 Å². The van der Waals surface area contributed by atoms with Crippen LogP contribution in [0.1, 0.15) is 17.2 Å². The molecule has 1 unspecified atom stereocenters. The fraction of sp³-hybridized carbons (Fsp3) is 0.214. The van der Waals surface area contributed by atoms with Gasteiger partial charge in [0.05, 0.1) is 0 Å². The summed E-state index contributed by atoms with van der Waals surface area (Å²) in [6.07, 6.45) is 3.53. The molecular weight excluding hydrogens is 198 g/mol. The van der Waals surface area contributed by atoms with E-state index in [0.29, 0.717) is 6.54 Å². The Bertz CT molecular complexity index is 436. The maximum absolute atomic E-state index is 10.0. The lowest BCUT2D eigenvalue weighted by Gasteiger charge is -2.07. The standard InChI is InChI=1S/C14H16NO/c1-12-7-9-15(10-8-12)11-14(16)13-5-3-2-4-6-13/h2-10,14,16H,11H2,1H3/q+1. The Kier molecular flexibility index (Phi) is 3.32. The topological polar surface area (TPSA) is 24.1 Å². The van der Waals surface area contributed by atoms with Crippen molar-refractivity contribution < 1.29 is 9.67 Å². The third kappa shape index (κ3) is 2.67. The van der Waals surface area contributed by atoms with Gasteiger partial charge in [-0.25, -0.2) is 4.57 Å². The van der Waals surface area contributed by atoms with Gasteiger partial charge in [0.1, 0.15) is 6.10 Å². The van der Waals surface area contributed by atoms with Crippen molar-refractivity contribution in [1.82, 2.24) is 0 Å². The Hall–Kier alpha value is -1.67. The van der Waals surface area contributed by atoms with Crippen LogP contribution in [-0.2, 0) is 6.54 Å². The van der Waals surface area contributed by atoms with Crippen LogP contribution in [0.2, 0.25) is 0 Å². The maximum Gasteiger partial charge on any atom is 0.178 e. The molecule has 82 valence electrons. The number of rotatable bonds is 3. The van der Waals surface area contributed by atoms with Crippen LogP contribution >= 0.6 is 0 Å². The Morgan fingerprint density at radius 3 is 2.31 bits per heavy atom. The van der Waals surface area contributed by atoms with E-state index in [4.69, 9.17) is 0 Å². The van der Waals surface area contributed by atoms with E-state index in [2.05, 4.69) is 6.92 Å². The van der Waals surface area contributed by atoms with E-state index in [1.807, 2.05) is 59.4 Å². The average molecular weight is 214 g/mol. The molecule has 0 fully saturated rings. The van der Waals surface area contributed by atoms with Gasteiger partial charge in [0.15, 0.2) is 18.9 Å². The van der Waals surface area contributed by atoms with E-state index >= 15 is 0 Å². The highest BCUT2D eigenvalue weighted by Crippen LogP contribution is 2.11. The molecule has 1 atom stereocenters. The molecule has 0 aliphatic heterocycles. The van der Waals surface area contributed by atoms with Crippen molar-refractivity contribution in [3.05, 3.63) is 66.0 Å². The van der Waals surface area contributed by atoms with Crippen LogP contribution in [0.3, 0.4) is 0 Å². The van der Waals surface area contributed by atoms with Crippen LogP contribution in [0.25, 0.3) is 0 Å². The number of aliphatic hydroxyl groups is 1. The van der Waals surface area contributed by atoms with Gasteiger partial charge in [0, 0.05) is 12.1 Å². The summed E-state index contributed by atoms with van der Waals surface area (Å²) in [5, 5.41) is 10.0. The summed E-state index contributed by atoms with van der Waals surface area (Å²) in [7, 11) is 0. The molecule has 1 N–H and O–H groups in total. The van der Waals surface area contributed by atoms with Crippen LogP contribution in [-0.4, -0.2) is 5.11 Å². The smallest absolute Gasteiger partial charge is 0.178 e. The molecule has 0 aliphatic rings. The summed E-state index contributed by atoms with van der Waals surface area (Å²) in [4.78, 5) is 0. The highest BCUT2D eigenvalue weighted by molar-refractivity contribution is 5.16. The molecule has 0 amide bonds. The Morgan fingerprint density at radius 2 is 1.69 bits per heavy atom. The predicted octanol–water partition coefficient (Wildman–Crippen LogP) is 2.02. The number of aliphatic hydroxyl groups excluding tert-OH is 1. The molecule has 0 radical (unpaired) electrons. The fourth-order valence-electron chi connectivity index (χ4n) is 1.63. The first-order chi connectivity index (χ1) is 7.75. The Morgan fingerprint density at radius 1 is 1.06 bits per heavy atom. The van der Waals surface area contributed by atoms with Crippen molar-refractivity contribution in [3.63, 3.8) is 0 Å². The second kappa shape index (κ2) is 4.90. The molecule has 0 saturated carbocycles. The molecular formula is C14H16NO+. The molecule has 0 saturated heterocycles. The molecule has 2 aromatic rings. The summed E-state index contributed by atoms with van der Waals surface area (Å²) in [6.45, 7) is 2.64. The number of aryl methyl sites for hydroxylation is 1. The zero-order valence-corrected chi connectivity index (χ0v) is 9.38. The van der Waals surface area contributed by atoms with Crippen LogP contribution in [0, 0.1) is 6.92 Å². The minimum absolute atomic E-state index is 0.450. The summed E-state index contributed by atoms with van der Waals surface area (Å²) < 4.78 is 1.99. The minimum Gasteiger partial charge on any atom is -0.382 e. The minimum atomic E-state index is -0.450. The molecule has 2 rings (SSSR count). The van der Waals surface area contributed by atoms with E-state index in [9.17, 15) is 5.11 Å². The van der Waals surface area contributed by atoms with Crippen molar-refractivity contribution >= 4 is 0 Å². The lowest BCUT2D eigenvalue weighted by atomic mass is 10.1. The summed E-state index contributed by atoms with van der Waals surface area (Å²) in [5.41, 5.74) is 2.18. The monoisotopic (exact) mass is 214 g/mol. The zero-order chi connectivity index (χ0) is 11.4. The number of nitrogens with zero attached hydrogens (tertiary/aromatic N) is 1. The van der Waals surface area contributed by atoms with Gasteiger partial charge in [0.2, 0.25) is 0 Å². The van der Waals surface area contributed by atoms with E-state index in [1.54, 1.807) is 0 Å². The van der Waals surface area contributed by atoms with Crippen LogP contribution < -0.4 is 4.57 Å². The van der Waals surface area contributed by atoms with E-state index in [1.165, 1.54) is 5.56 Å². The molecule has 1 aromatic carbocycles. The number of hydrogen-bond acceptors (Lipinski definition) is 1. The first-order valence-corrected chi connectivity index (χ1v) is 5.44. The molecule has 16 heavy (non-hydrogen) atoms. The summed E-state index contributed by atoms with van der Waals surface area (Å²) in [6, 6.07) is 13.8. The normalized spacial score (nSPS) is 12.4. The maximum atomic E-state index is 10.0. The van der Waals surface area contributed by atoms with Gasteiger partial charge in [-0.05, 0) is 18.1 Å². The van der Waals surface area contributed by atoms with Crippen molar-refractivity contribution in [1.29, 1.82) is 0 Å². The van der Waals surface area contributed by atoms with Crippen molar-refractivity contribution in [2.24, 2.45) is 0 Å². The number of benzene rings is 1. The van der Waals surface area contributed by atoms with Crippen LogP contribution in [0.4, 0.5) is 0 Å². The van der Waals surface area contributed by atoms with E-state index in [0.717, 1.165) is 5.56 Å². The van der Waals surface area contributed by atoms with Gasteiger partial charge < -0.3 is 5.11 Å². The zero-order valence-electron chi connectivity index (χ0n) is 9.38. The third-order valence-corrected chi connectivity index (χ3v) is 2.63. The van der Waals surface area contributed by atoms with Gasteiger partial charge in [-0.3, -0.25) is 0 Å². The average Bonchev–Trinajstić information content (AvgIpc) is 2.33. The Labute approximate surface area is 95.8 Å². The van der Waals surface area contributed by atoms with Crippen LogP contribution in [0.15, 0.2) is 54.9 Å². The lowest BCUT2D eigenvalue weighted by Crippen LogP contribution is -2.35. The number of hydrogen-bond donors (Lipinski definition) is 1. The Balaban J connectivity index is 2.08. The first-order valence-electron chi connectivity index (χ1n) is 5.44. The quantitative estimate of drug-likeness (QED) is 0.776. The first kappa shape index (κ1) is 10.8. The van der Waals surface area contributed by atoms with Crippen molar-refractivity contribution in [3.8, 4) is 0 Å². The van der Waals surface area contributed by atoms with Gasteiger partial charge in [0.25, 0.3) is 0 Å². The number of pyridine rings is 1. The molecule has 2 heteroatoms. The summed E-state index contributed by atoms with van der Waals surface area (Å²) >= 11 is 0. The second-order valence-electron chi connectivity index (χ2n) is 4.00. The largest absolute Gasteiger partial charge is 0.382 e. The van der Waals surface area contributed by atoms with Gasteiger partial charge in [-0.1, -0.05) is 30.3 Å². The second-order valence-corrected chi connectivity index (χ2v) is 4.00. The highest BCUT2D eigenvalue weighted by Gasteiger charge is 2.12. The third-order valence-electron chi connectivity index (χ3n) is 2.63. The highest BCUT2D eigenvalue weighted by atomic mass is 16.3. The molecule has 1 heterocycles. The van der Waals surface area contributed by atoms with Gasteiger partial charge >= 0.3 is 0 Å². The molecule has 2 nitrogen and oxygen atoms in total. The molecule has 0 spiro atoms. The molecule has 1 aromatic heterocycles. The number of aromatic nitrogens is 1. The molecule has 0 bridgehead atoms. The summed E-state index contributed by atoms with van der Waals surface area (Å²) in [5.74, 6) is 0. The van der Waals surface area contributed by atoms with Gasteiger partial charge in [-0.15, -0.1) is 0 Å².